The molecule has 0 aliphatic carbocycles. The minimum atomic E-state index is 0.733. The summed E-state index contributed by atoms with van der Waals surface area (Å²) >= 11 is 0. The Bertz CT molecular complexity index is 598. The van der Waals surface area contributed by atoms with E-state index in [1.165, 1.54) is 0 Å². The highest BCUT2D eigenvalue weighted by molar-refractivity contribution is 5.61. The van der Waals surface area contributed by atoms with Crippen molar-refractivity contribution < 1.29 is 4.74 Å². The van der Waals surface area contributed by atoms with Crippen molar-refractivity contribution in [3.05, 3.63) is 35.7 Å². The van der Waals surface area contributed by atoms with Gasteiger partial charge in [-0.3, -0.25) is 0 Å². The molecule has 0 radical (unpaired) electrons. The van der Waals surface area contributed by atoms with Crippen LogP contribution in [-0.4, -0.2) is 23.6 Å². The second-order valence-corrected chi connectivity index (χ2v) is 4.53. The van der Waals surface area contributed by atoms with Crippen molar-refractivity contribution in [2.75, 3.05) is 24.3 Å². The third-order valence-electron chi connectivity index (χ3n) is 2.86. The van der Waals surface area contributed by atoms with Crippen LogP contribution in [0.3, 0.4) is 0 Å². The molecule has 5 nitrogen and oxygen atoms in total. The predicted molar refractivity (Wildman–Crippen MR) is 81.9 cm³/mol. The highest BCUT2D eigenvalue weighted by atomic mass is 16.5. The van der Waals surface area contributed by atoms with Gasteiger partial charge in [0.15, 0.2) is 0 Å². The zero-order valence-corrected chi connectivity index (χ0v) is 12.3. The van der Waals surface area contributed by atoms with Crippen LogP contribution in [0, 0.1) is 13.8 Å². The Labute approximate surface area is 119 Å². The van der Waals surface area contributed by atoms with Gasteiger partial charge in [-0.15, -0.1) is 0 Å². The van der Waals surface area contributed by atoms with E-state index in [-0.39, 0.29) is 0 Å². The third-order valence-corrected chi connectivity index (χ3v) is 2.86. The molecule has 2 rings (SSSR count). The number of nitrogens with zero attached hydrogens (tertiary/aromatic N) is 2. The number of rotatable bonds is 5. The first-order valence-corrected chi connectivity index (χ1v) is 6.63. The fourth-order valence-corrected chi connectivity index (χ4v) is 2.01. The second-order valence-electron chi connectivity index (χ2n) is 4.53. The van der Waals surface area contributed by atoms with Gasteiger partial charge in [0.1, 0.15) is 23.2 Å². The zero-order valence-electron chi connectivity index (χ0n) is 12.3. The van der Waals surface area contributed by atoms with E-state index in [9.17, 15) is 0 Å². The molecule has 0 bridgehead atoms. The molecule has 0 amide bonds. The molecule has 0 saturated carbocycles. The summed E-state index contributed by atoms with van der Waals surface area (Å²) in [6, 6.07) is 7.84. The second kappa shape index (κ2) is 6.23. The molecule has 0 atom stereocenters. The number of nitrogens with one attached hydrogen (secondary N) is 2. The van der Waals surface area contributed by atoms with E-state index in [4.69, 9.17) is 4.74 Å². The Kier molecular flexibility index (Phi) is 4.40. The van der Waals surface area contributed by atoms with Gasteiger partial charge in [0.2, 0.25) is 0 Å². The maximum absolute atomic E-state index is 5.26. The van der Waals surface area contributed by atoms with Crippen LogP contribution < -0.4 is 15.4 Å². The largest absolute Gasteiger partial charge is 0.496 e. The topological polar surface area (TPSA) is 59.1 Å². The smallest absolute Gasteiger partial charge is 0.136 e. The third kappa shape index (κ3) is 3.38. The summed E-state index contributed by atoms with van der Waals surface area (Å²) < 4.78 is 5.26. The molecule has 0 aliphatic heterocycles. The molecular weight excluding hydrogens is 252 g/mol. The van der Waals surface area contributed by atoms with E-state index in [0.29, 0.717) is 0 Å². The number of hydrogen-bond donors (Lipinski definition) is 2. The highest BCUT2D eigenvalue weighted by Gasteiger charge is 2.04. The Hall–Kier alpha value is -2.30. The van der Waals surface area contributed by atoms with Gasteiger partial charge < -0.3 is 15.4 Å². The average molecular weight is 272 g/mol. The number of ether oxygens (including phenoxy) is 1. The quantitative estimate of drug-likeness (QED) is 0.874. The van der Waals surface area contributed by atoms with Crippen molar-refractivity contribution in [1.82, 2.24) is 9.97 Å². The molecule has 0 fully saturated rings. The molecule has 20 heavy (non-hydrogen) atoms. The monoisotopic (exact) mass is 272 g/mol. The normalized spacial score (nSPS) is 10.2. The Morgan fingerprint density at radius 1 is 1.10 bits per heavy atom. The van der Waals surface area contributed by atoms with Crippen LogP contribution in [-0.2, 0) is 0 Å². The summed E-state index contributed by atoms with van der Waals surface area (Å²) in [5.74, 6) is 3.21. The molecule has 0 spiro atoms. The van der Waals surface area contributed by atoms with Crippen LogP contribution in [0.1, 0.15) is 18.3 Å². The molecule has 2 aromatic rings. The van der Waals surface area contributed by atoms with Gasteiger partial charge in [-0.2, -0.15) is 0 Å². The van der Waals surface area contributed by atoms with Crippen LogP contribution in [0.5, 0.6) is 5.75 Å². The van der Waals surface area contributed by atoms with Crippen LogP contribution in [0.2, 0.25) is 0 Å². The lowest BCUT2D eigenvalue weighted by Crippen LogP contribution is -2.04. The number of benzene rings is 1. The molecule has 1 heterocycles. The molecule has 1 aromatic heterocycles. The van der Waals surface area contributed by atoms with Gasteiger partial charge in [-0.1, -0.05) is 0 Å². The summed E-state index contributed by atoms with van der Waals surface area (Å²) in [7, 11) is 1.67. The van der Waals surface area contributed by atoms with Crippen LogP contribution >= 0.6 is 0 Å². The Balaban J connectivity index is 2.23. The fourth-order valence-electron chi connectivity index (χ4n) is 2.01. The van der Waals surface area contributed by atoms with Crippen molar-refractivity contribution in [3.8, 4) is 5.75 Å². The van der Waals surface area contributed by atoms with E-state index in [1.54, 1.807) is 7.11 Å². The standard InChI is InChI=1S/C15H20N4O/c1-5-16-14-9-15(18-11(3)17-14)19-12-6-7-13(20-4)10(2)8-12/h6-9H,5H2,1-4H3,(H2,16,17,18,19). The lowest BCUT2D eigenvalue weighted by atomic mass is 10.2. The molecular formula is C15H20N4O. The van der Waals surface area contributed by atoms with Gasteiger partial charge in [-0.05, 0) is 44.5 Å². The summed E-state index contributed by atoms with van der Waals surface area (Å²) in [6.07, 6.45) is 0. The van der Waals surface area contributed by atoms with Gasteiger partial charge in [0.25, 0.3) is 0 Å². The minimum absolute atomic E-state index is 0.733. The minimum Gasteiger partial charge on any atom is -0.496 e. The summed E-state index contributed by atoms with van der Waals surface area (Å²) in [6.45, 7) is 6.76. The van der Waals surface area contributed by atoms with E-state index >= 15 is 0 Å². The first-order valence-electron chi connectivity index (χ1n) is 6.63. The molecule has 5 heteroatoms. The molecule has 106 valence electrons. The van der Waals surface area contributed by atoms with Crippen molar-refractivity contribution in [3.63, 3.8) is 0 Å². The summed E-state index contributed by atoms with van der Waals surface area (Å²) in [5.41, 5.74) is 2.05. The molecule has 0 aliphatic rings. The van der Waals surface area contributed by atoms with Gasteiger partial charge >= 0.3 is 0 Å². The van der Waals surface area contributed by atoms with Gasteiger partial charge in [-0.25, -0.2) is 9.97 Å². The zero-order chi connectivity index (χ0) is 14.5. The summed E-state index contributed by atoms with van der Waals surface area (Å²) in [5, 5.41) is 6.48. The lowest BCUT2D eigenvalue weighted by molar-refractivity contribution is 0.412. The van der Waals surface area contributed by atoms with E-state index in [0.717, 1.165) is 41.0 Å². The average Bonchev–Trinajstić information content (AvgIpc) is 2.38. The van der Waals surface area contributed by atoms with Crippen LogP contribution in [0.15, 0.2) is 24.3 Å². The van der Waals surface area contributed by atoms with Crippen LogP contribution in [0.4, 0.5) is 17.3 Å². The van der Waals surface area contributed by atoms with Crippen LogP contribution in [0.25, 0.3) is 0 Å². The molecule has 1 aromatic carbocycles. The number of aryl methyl sites for hydroxylation is 2. The molecule has 0 unspecified atom stereocenters. The van der Waals surface area contributed by atoms with Crippen molar-refractivity contribution in [1.29, 1.82) is 0 Å². The van der Waals surface area contributed by atoms with E-state index in [1.807, 2.05) is 45.0 Å². The number of methoxy groups -OCH3 is 1. The number of anilines is 3. The lowest BCUT2D eigenvalue weighted by Gasteiger charge is -2.11. The number of hydrogen-bond acceptors (Lipinski definition) is 5. The first-order chi connectivity index (χ1) is 9.62. The Morgan fingerprint density at radius 3 is 2.50 bits per heavy atom. The van der Waals surface area contributed by atoms with Crippen molar-refractivity contribution in [2.45, 2.75) is 20.8 Å². The van der Waals surface area contributed by atoms with Gasteiger partial charge in [0.05, 0.1) is 7.11 Å². The van der Waals surface area contributed by atoms with Gasteiger partial charge in [0, 0.05) is 18.3 Å². The predicted octanol–water partition coefficient (Wildman–Crippen LogP) is 3.28. The number of aromatic nitrogens is 2. The first kappa shape index (κ1) is 14.1. The SMILES string of the molecule is CCNc1cc(Nc2ccc(OC)c(C)c2)nc(C)n1. The van der Waals surface area contributed by atoms with E-state index in [2.05, 4.69) is 20.6 Å². The highest BCUT2D eigenvalue weighted by Crippen LogP contribution is 2.24. The van der Waals surface area contributed by atoms with Crippen molar-refractivity contribution >= 4 is 17.3 Å². The summed E-state index contributed by atoms with van der Waals surface area (Å²) in [4.78, 5) is 8.72. The van der Waals surface area contributed by atoms with E-state index < -0.39 is 0 Å². The molecule has 0 saturated heterocycles. The fraction of sp³-hybridized carbons (Fsp3) is 0.333. The molecule has 2 N–H and O–H groups in total. The van der Waals surface area contributed by atoms with Crippen molar-refractivity contribution in [2.24, 2.45) is 0 Å². The Morgan fingerprint density at radius 2 is 1.85 bits per heavy atom. The maximum atomic E-state index is 5.26. The maximum Gasteiger partial charge on any atom is 0.136 e.